The fourth-order valence-corrected chi connectivity index (χ4v) is 3.30. The molecule has 7 nitrogen and oxygen atoms in total. The average Bonchev–Trinajstić information content (AvgIpc) is 2.99. The number of sulfonamides is 1. The van der Waals surface area contributed by atoms with Gasteiger partial charge >= 0.3 is 0 Å². The Morgan fingerprint density at radius 1 is 1.45 bits per heavy atom. The van der Waals surface area contributed by atoms with Crippen molar-refractivity contribution in [1.82, 2.24) is 9.79 Å². The van der Waals surface area contributed by atoms with Gasteiger partial charge in [-0.3, -0.25) is 9.63 Å². The van der Waals surface area contributed by atoms with E-state index in [4.69, 9.17) is 9.25 Å². The van der Waals surface area contributed by atoms with Gasteiger partial charge in [0.1, 0.15) is 5.76 Å². The fraction of sp³-hybridized carbons (Fsp3) is 0.643. The largest absolute Gasteiger partial charge is 0.469 e. The molecule has 0 unspecified atom stereocenters. The van der Waals surface area contributed by atoms with Crippen LogP contribution in [0.1, 0.15) is 25.0 Å². The molecule has 1 aliphatic heterocycles. The molecule has 1 fully saturated rings. The van der Waals surface area contributed by atoms with Crippen LogP contribution in [0.5, 0.6) is 0 Å². The SMILES string of the molecule is CS(=O)(=O)N1CCC(C(=O)NOCCCc2ccco2)CC1. The number of nitrogens with zero attached hydrogens (tertiary/aromatic N) is 1. The number of carbonyl (C=O) groups excluding carboxylic acids is 1. The number of piperidine rings is 1. The van der Waals surface area contributed by atoms with Crippen molar-refractivity contribution in [1.29, 1.82) is 0 Å². The molecule has 1 aromatic rings. The Labute approximate surface area is 130 Å². The zero-order valence-corrected chi connectivity index (χ0v) is 13.5. The molecule has 1 aromatic heterocycles. The molecule has 124 valence electrons. The Bertz CT molecular complexity index is 562. The third kappa shape index (κ3) is 5.11. The highest BCUT2D eigenvalue weighted by molar-refractivity contribution is 7.88. The first-order valence-electron chi connectivity index (χ1n) is 7.36. The molecule has 8 heteroatoms. The van der Waals surface area contributed by atoms with Crippen LogP contribution in [-0.4, -0.2) is 44.6 Å². The van der Waals surface area contributed by atoms with Crippen LogP contribution < -0.4 is 5.48 Å². The quantitative estimate of drug-likeness (QED) is 0.593. The molecule has 1 N–H and O–H groups in total. The van der Waals surface area contributed by atoms with Gasteiger partial charge in [-0.2, -0.15) is 0 Å². The molecule has 2 rings (SSSR count). The van der Waals surface area contributed by atoms with E-state index in [2.05, 4.69) is 5.48 Å². The third-order valence-corrected chi connectivity index (χ3v) is 5.02. The Balaban J connectivity index is 1.60. The molecule has 0 bridgehead atoms. The van der Waals surface area contributed by atoms with Crippen LogP contribution in [0.3, 0.4) is 0 Å². The first-order valence-corrected chi connectivity index (χ1v) is 9.21. The molecular formula is C14H22N2O5S. The molecule has 0 aromatic carbocycles. The minimum Gasteiger partial charge on any atom is -0.469 e. The van der Waals surface area contributed by atoms with E-state index in [-0.39, 0.29) is 11.8 Å². The molecule has 1 amide bonds. The lowest BCUT2D eigenvalue weighted by atomic mass is 9.98. The first-order chi connectivity index (χ1) is 10.5. The molecule has 0 saturated carbocycles. The minimum absolute atomic E-state index is 0.175. The second-order valence-electron chi connectivity index (χ2n) is 5.43. The van der Waals surface area contributed by atoms with E-state index in [0.717, 1.165) is 18.6 Å². The molecular weight excluding hydrogens is 308 g/mol. The van der Waals surface area contributed by atoms with Crippen molar-refractivity contribution < 1.29 is 22.5 Å². The second kappa shape index (κ2) is 7.75. The van der Waals surface area contributed by atoms with Crippen LogP contribution in [0.15, 0.2) is 22.8 Å². The van der Waals surface area contributed by atoms with Gasteiger partial charge in [-0.05, 0) is 31.4 Å². The highest BCUT2D eigenvalue weighted by Crippen LogP contribution is 2.19. The van der Waals surface area contributed by atoms with Crippen LogP contribution in [-0.2, 0) is 26.1 Å². The number of amides is 1. The second-order valence-corrected chi connectivity index (χ2v) is 7.42. The monoisotopic (exact) mass is 330 g/mol. The van der Waals surface area contributed by atoms with Crippen LogP contribution in [0.2, 0.25) is 0 Å². The van der Waals surface area contributed by atoms with Gasteiger partial charge in [0, 0.05) is 25.4 Å². The van der Waals surface area contributed by atoms with Gasteiger partial charge in [0.15, 0.2) is 0 Å². The van der Waals surface area contributed by atoms with Gasteiger partial charge in [-0.15, -0.1) is 0 Å². The highest BCUT2D eigenvalue weighted by Gasteiger charge is 2.28. The van der Waals surface area contributed by atoms with Gasteiger partial charge < -0.3 is 4.42 Å². The van der Waals surface area contributed by atoms with E-state index in [9.17, 15) is 13.2 Å². The lowest BCUT2D eigenvalue weighted by molar-refractivity contribution is -0.139. The number of hydrogen-bond donors (Lipinski definition) is 1. The van der Waals surface area contributed by atoms with E-state index < -0.39 is 10.0 Å². The molecule has 22 heavy (non-hydrogen) atoms. The summed E-state index contributed by atoms with van der Waals surface area (Å²) in [5.41, 5.74) is 2.45. The number of rotatable bonds is 7. The van der Waals surface area contributed by atoms with Crippen molar-refractivity contribution in [2.75, 3.05) is 26.0 Å². The number of hydroxylamine groups is 1. The molecule has 0 radical (unpaired) electrons. The standard InChI is InChI=1S/C14H22N2O5S/c1-22(18,19)16-8-6-12(7-9-16)14(17)15-21-11-3-5-13-4-2-10-20-13/h2,4,10,12H,3,5-9,11H2,1H3,(H,15,17). The van der Waals surface area contributed by atoms with Crippen molar-refractivity contribution in [3.63, 3.8) is 0 Å². The van der Waals surface area contributed by atoms with E-state index in [1.807, 2.05) is 12.1 Å². The average molecular weight is 330 g/mol. The Morgan fingerprint density at radius 3 is 2.77 bits per heavy atom. The van der Waals surface area contributed by atoms with Gasteiger partial charge in [0.25, 0.3) is 0 Å². The highest BCUT2D eigenvalue weighted by atomic mass is 32.2. The van der Waals surface area contributed by atoms with E-state index in [1.165, 1.54) is 10.6 Å². The molecule has 1 aliphatic rings. The number of aryl methyl sites for hydroxylation is 1. The van der Waals surface area contributed by atoms with E-state index >= 15 is 0 Å². The van der Waals surface area contributed by atoms with Crippen molar-refractivity contribution in [2.45, 2.75) is 25.7 Å². The summed E-state index contributed by atoms with van der Waals surface area (Å²) in [5, 5.41) is 0. The lowest BCUT2D eigenvalue weighted by Gasteiger charge is -2.29. The minimum atomic E-state index is -3.16. The van der Waals surface area contributed by atoms with Crippen molar-refractivity contribution in [2.24, 2.45) is 5.92 Å². The van der Waals surface area contributed by atoms with Gasteiger partial charge in [0.2, 0.25) is 15.9 Å². The van der Waals surface area contributed by atoms with Gasteiger partial charge in [-0.25, -0.2) is 18.2 Å². The van der Waals surface area contributed by atoms with E-state index in [1.54, 1.807) is 6.26 Å². The van der Waals surface area contributed by atoms with E-state index in [0.29, 0.717) is 32.5 Å². The summed E-state index contributed by atoms with van der Waals surface area (Å²) in [6.07, 6.45) is 5.37. The predicted octanol–water partition coefficient (Wildman–Crippen LogP) is 0.932. The predicted molar refractivity (Wildman–Crippen MR) is 80.3 cm³/mol. The van der Waals surface area contributed by atoms with Crippen molar-refractivity contribution in [3.05, 3.63) is 24.2 Å². The topological polar surface area (TPSA) is 88.9 Å². The molecule has 0 aliphatic carbocycles. The molecule has 0 atom stereocenters. The maximum atomic E-state index is 11.9. The maximum absolute atomic E-state index is 11.9. The Morgan fingerprint density at radius 2 is 2.18 bits per heavy atom. The summed E-state index contributed by atoms with van der Waals surface area (Å²) in [6, 6.07) is 3.73. The molecule has 1 saturated heterocycles. The number of carbonyl (C=O) groups is 1. The van der Waals surface area contributed by atoms with Crippen LogP contribution in [0, 0.1) is 5.92 Å². The van der Waals surface area contributed by atoms with Crippen molar-refractivity contribution in [3.8, 4) is 0 Å². The lowest BCUT2D eigenvalue weighted by Crippen LogP contribution is -2.42. The fourth-order valence-electron chi connectivity index (χ4n) is 2.43. The summed E-state index contributed by atoms with van der Waals surface area (Å²) in [4.78, 5) is 17.1. The van der Waals surface area contributed by atoms with Crippen molar-refractivity contribution >= 4 is 15.9 Å². The molecule has 2 heterocycles. The smallest absolute Gasteiger partial charge is 0.246 e. The first kappa shape index (κ1) is 17.0. The number of furan rings is 1. The summed E-state index contributed by atoms with van der Waals surface area (Å²) in [7, 11) is -3.16. The zero-order valence-electron chi connectivity index (χ0n) is 12.7. The zero-order chi connectivity index (χ0) is 16.0. The van der Waals surface area contributed by atoms with Gasteiger partial charge in [-0.1, -0.05) is 0 Å². The summed E-state index contributed by atoms with van der Waals surface area (Å²) in [6.45, 7) is 1.18. The van der Waals surface area contributed by atoms with Crippen LogP contribution >= 0.6 is 0 Å². The number of nitrogens with one attached hydrogen (secondary N) is 1. The summed E-state index contributed by atoms with van der Waals surface area (Å²) >= 11 is 0. The summed E-state index contributed by atoms with van der Waals surface area (Å²) < 4.78 is 29.4. The third-order valence-electron chi connectivity index (χ3n) is 3.72. The Kier molecular flexibility index (Phi) is 5.98. The molecule has 0 spiro atoms. The Hall–Kier alpha value is -1.38. The van der Waals surface area contributed by atoms with Gasteiger partial charge in [0.05, 0.1) is 19.1 Å². The normalized spacial score (nSPS) is 17.5. The number of hydrogen-bond acceptors (Lipinski definition) is 5. The van der Waals surface area contributed by atoms with Crippen LogP contribution in [0.25, 0.3) is 0 Å². The maximum Gasteiger partial charge on any atom is 0.246 e. The summed E-state index contributed by atoms with van der Waals surface area (Å²) in [5.74, 6) is 0.525. The van der Waals surface area contributed by atoms with Crippen LogP contribution in [0.4, 0.5) is 0 Å².